The van der Waals surface area contributed by atoms with E-state index in [1.54, 1.807) is 32.4 Å². The average molecular weight is 328 g/mol. The Morgan fingerprint density at radius 2 is 1.79 bits per heavy atom. The van der Waals surface area contributed by atoms with Crippen molar-refractivity contribution in [3.63, 3.8) is 0 Å². The fourth-order valence-electron chi connectivity index (χ4n) is 2.30. The molecule has 2 rings (SSSR count). The highest BCUT2D eigenvalue weighted by molar-refractivity contribution is 5.92. The number of amides is 1. The third-order valence-corrected chi connectivity index (χ3v) is 3.72. The highest BCUT2D eigenvalue weighted by Crippen LogP contribution is 2.28. The van der Waals surface area contributed by atoms with Gasteiger partial charge in [-0.25, -0.2) is 0 Å². The van der Waals surface area contributed by atoms with Crippen LogP contribution in [-0.2, 0) is 11.2 Å². The molecule has 0 aliphatic rings. The minimum absolute atomic E-state index is 0.0840. The zero-order chi connectivity index (χ0) is 17.4. The van der Waals surface area contributed by atoms with Crippen LogP contribution in [0.3, 0.4) is 0 Å². The molecule has 0 saturated heterocycles. The van der Waals surface area contributed by atoms with E-state index in [-0.39, 0.29) is 5.91 Å². The Balaban J connectivity index is 1.86. The van der Waals surface area contributed by atoms with Crippen molar-refractivity contribution < 1.29 is 14.3 Å². The van der Waals surface area contributed by atoms with Crippen LogP contribution < -0.4 is 20.1 Å². The number of anilines is 2. The van der Waals surface area contributed by atoms with Crippen LogP contribution >= 0.6 is 0 Å². The molecule has 5 nitrogen and oxygen atoms in total. The lowest BCUT2D eigenvalue weighted by Crippen LogP contribution is -2.16. The van der Waals surface area contributed by atoms with Crippen molar-refractivity contribution in [2.24, 2.45) is 0 Å². The number of aryl methyl sites for hydroxylation is 1. The number of benzene rings is 2. The van der Waals surface area contributed by atoms with Crippen LogP contribution in [0.2, 0.25) is 0 Å². The van der Waals surface area contributed by atoms with Crippen LogP contribution in [0.4, 0.5) is 11.4 Å². The Morgan fingerprint density at radius 1 is 1.04 bits per heavy atom. The molecule has 0 saturated carbocycles. The van der Waals surface area contributed by atoms with Gasteiger partial charge in [-0.15, -0.1) is 0 Å². The molecule has 0 aliphatic carbocycles. The van der Waals surface area contributed by atoms with Gasteiger partial charge >= 0.3 is 0 Å². The number of rotatable bonds is 8. The van der Waals surface area contributed by atoms with Crippen molar-refractivity contribution >= 4 is 17.3 Å². The van der Waals surface area contributed by atoms with Crippen LogP contribution in [0.25, 0.3) is 0 Å². The van der Waals surface area contributed by atoms with Gasteiger partial charge in [-0.3, -0.25) is 4.79 Å². The summed E-state index contributed by atoms with van der Waals surface area (Å²) in [6.45, 7) is 2.68. The second kappa shape index (κ2) is 8.82. The first kappa shape index (κ1) is 17.7. The van der Waals surface area contributed by atoms with Gasteiger partial charge in [-0.05, 0) is 36.2 Å². The summed E-state index contributed by atoms with van der Waals surface area (Å²) in [5.41, 5.74) is 2.91. The molecule has 0 radical (unpaired) electrons. The van der Waals surface area contributed by atoms with Gasteiger partial charge in [0.25, 0.3) is 0 Å². The molecule has 5 heteroatoms. The third-order valence-electron chi connectivity index (χ3n) is 3.72. The standard InChI is InChI=1S/C19H24N2O3/c1-4-14-5-7-15(8-6-14)20-12-11-19(22)21-17-13-16(23-2)9-10-18(17)24-3/h5-10,13,20H,4,11-12H2,1-3H3,(H,21,22). The predicted octanol–water partition coefficient (Wildman–Crippen LogP) is 3.71. The van der Waals surface area contributed by atoms with Crippen molar-refractivity contribution in [3.05, 3.63) is 48.0 Å². The van der Waals surface area contributed by atoms with Gasteiger partial charge in [0.2, 0.25) is 5.91 Å². The summed E-state index contributed by atoms with van der Waals surface area (Å²) in [4.78, 5) is 12.1. The first-order chi connectivity index (χ1) is 11.7. The maximum absolute atomic E-state index is 12.1. The number of nitrogens with one attached hydrogen (secondary N) is 2. The lowest BCUT2D eigenvalue weighted by atomic mass is 10.1. The molecule has 0 spiro atoms. The summed E-state index contributed by atoms with van der Waals surface area (Å²) in [6.07, 6.45) is 1.38. The Labute approximate surface area is 143 Å². The van der Waals surface area contributed by atoms with Crippen molar-refractivity contribution in [2.45, 2.75) is 19.8 Å². The zero-order valence-corrected chi connectivity index (χ0v) is 14.4. The average Bonchev–Trinajstić information content (AvgIpc) is 2.62. The van der Waals surface area contributed by atoms with E-state index in [0.29, 0.717) is 30.2 Å². The summed E-state index contributed by atoms with van der Waals surface area (Å²) in [6, 6.07) is 13.5. The first-order valence-electron chi connectivity index (χ1n) is 8.01. The fraction of sp³-hybridized carbons (Fsp3) is 0.316. The van der Waals surface area contributed by atoms with E-state index in [0.717, 1.165) is 12.1 Å². The number of carbonyl (C=O) groups is 1. The Bertz CT molecular complexity index is 669. The van der Waals surface area contributed by atoms with Gasteiger partial charge in [0.05, 0.1) is 19.9 Å². The van der Waals surface area contributed by atoms with E-state index in [2.05, 4.69) is 29.7 Å². The van der Waals surface area contributed by atoms with Crippen LogP contribution in [0.1, 0.15) is 18.9 Å². The van der Waals surface area contributed by atoms with E-state index in [9.17, 15) is 4.79 Å². The van der Waals surface area contributed by atoms with Gasteiger partial charge in [-0.2, -0.15) is 0 Å². The molecular weight excluding hydrogens is 304 g/mol. The second-order valence-corrected chi connectivity index (χ2v) is 5.34. The molecule has 0 aliphatic heterocycles. The highest BCUT2D eigenvalue weighted by Gasteiger charge is 2.09. The van der Waals surface area contributed by atoms with E-state index in [4.69, 9.17) is 9.47 Å². The zero-order valence-electron chi connectivity index (χ0n) is 14.4. The van der Waals surface area contributed by atoms with E-state index in [1.165, 1.54) is 5.56 Å². The summed E-state index contributed by atoms with van der Waals surface area (Å²) in [7, 11) is 3.15. The molecule has 128 valence electrons. The van der Waals surface area contributed by atoms with E-state index < -0.39 is 0 Å². The maximum Gasteiger partial charge on any atom is 0.226 e. The molecule has 2 N–H and O–H groups in total. The van der Waals surface area contributed by atoms with Crippen molar-refractivity contribution in [3.8, 4) is 11.5 Å². The number of hydrogen-bond donors (Lipinski definition) is 2. The topological polar surface area (TPSA) is 59.6 Å². The molecule has 0 unspecified atom stereocenters. The van der Waals surface area contributed by atoms with Crippen molar-refractivity contribution in [2.75, 3.05) is 31.4 Å². The molecule has 0 fully saturated rings. The summed E-state index contributed by atoms with van der Waals surface area (Å²) >= 11 is 0. The lowest BCUT2D eigenvalue weighted by molar-refractivity contribution is -0.115. The van der Waals surface area contributed by atoms with Crippen LogP contribution in [0.5, 0.6) is 11.5 Å². The van der Waals surface area contributed by atoms with Crippen molar-refractivity contribution in [1.29, 1.82) is 0 Å². The van der Waals surface area contributed by atoms with E-state index in [1.807, 2.05) is 12.1 Å². The smallest absolute Gasteiger partial charge is 0.226 e. The minimum atomic E-state index is -0.0840. The third kappa shape index (κ3) is 4.91. The Morgan fingerprint density at radius 3 is 2.42 bits per heavy atom. The van der Waals surface area contributed by atoms with Gasteiger partial charge in [0, 0.05) is 24.7 Å². The monoisotopic (exact) mass is 328 g/mol. The molecule has 0 bridgehead atoms. The fourth-order valence-corrected chi connectivity index (χ4v) is 2.30. The molecule has 24 heavy (non-hydrogen) atoms. The largest absolute Gasteiger partial charge is 0.497 e. The SMILES string of the molecule is CCc1ccc(NCCC(=O)Nc2cc(OC)ccc2OC)cc1. The number of ether oxygens (including phenoxy) is 2. The molecule has 0 aromatic heterocycles. The van der Waals surface area contributed by atoms with Crippen molar-refractivity contribution in [1.82, 2.24) is 0 Å². The first-order valence-corrected chi connectivity index (χ1v) is 8.01. The number of carbonyl (C=O) groups excluding carboxylic acids is 1. The van der Waals surface area contributed by atoms with Crippen LogP contribution in [0.15, 0.2) is 42.5 Å². The predicted molar refractivity (Wildman–Crippen MR) is 97.1 cm³/mol. The van der Waals surface area contributed by atoms with E-state index >= 15 is 0 Å². The minimum Gasteiger partial charge on any atom is -0.497 e. The normalized spacial score (nSPS) is 10.1. The maximum atomic E-state index is 12.1. The second-order valence-electron chi connectivity index (χ2n) is 5.34. The van der Waals surface area contributed by atoms with Gasteiger partial charge in [0.15, 0.2) is 0 Å². The summed E-state index contributed by atoms with van der Waals surface area (Å²) in [5.74, 6) is 1.19. The summed E-state index contributed by atoms with van der Waals surface area (Å²) in [5, 5.41) is 6.10. The van der Waals surface area contributed by atoms with Gasteiger partial charge < -0.3 is 20.1 Å². The summed E-state index contributed by atoms with van der Waals surface area (Å²) < 4.78 is 10.4. The molecule has 1 amide bonds. The van der Waals surface area contributed by atoms with Crippen LogP contribution in [0, 0.1) is 0 Å². The molecule has 2 aromatic rings. The molecule has 2 aromatic carbocycles. The molecule has 0 heterocycles. The van der Waals surface area contributed by atoms with Gasteiger partial charge in [0.1, 0.15) is 11.5 Å². The van der Waals surface area contributed by atoms with Crippen LogP contribution in [-0.4, -0.2) is 26.7 Å². The number of methoxy groups -OCH3 is 2. The number of hydrogen-bond acceptors (Lipinski definition) is 4. The molecular formula is C19H24N2O3. The highest BCUT2D eigenvalue weighted by atomic mass is 16.5. The molecule has 0 atom stereocenters. The quantitative estimate of drug-likeness (QED) is 0.775. The Hall–Kier alpha value is -2.69. The Kier molecular flexibility index (Phi) is 6.49. The van der Waals surface area contributed by atoms with Gasteiger partial charge in [-0.1, -0.05) is 19.1 Å². The lowest BCUT2D eigenvalue weighted by Gasteiger charge is -2.12.